The summed E-state index contributed by atoms with van der Waals surface area (Å²) in [5, 5.41) is 3.43. The summed E-state index contributed by atoms with van der Waals surface area (Å²) >= 11 is 3.31. The molecule has 2 fully saturated rings. The Morgan fingerprint density at radius 1 is 0.953 bits per heavy atom. The van der Waals surface area contributed by atoms with E-state index < -0.39 is 0 Å². The van der Waals surface area contributed by atoms with Crippen LogP contribution in [0.4, 0.5) is 0 Å². The van der Waals surface area contributed by atoms with Crippen molar-refractivity contribution in [3.8, 4) is 11.5 Å². The van der Waals surface area contributed by atoms with Gasteiger partial charge in [-0.3, -0.25) is 14.5 Å². The molecule has 4 heterocycles. The van der Waals surface area contributed by atoms with Crippen molar-refractivity contribution in [3.05, 3.63) is 91.8 Å². The van der Waals surface area contributed by atoms with Crippen LogP contribution in [0.2, 0.25) is 0 Å². The van der Waals surface area contributed by atoms with Crippen LogP contribution in [-0.2, 0) is 19.5 Å². The lowest BCUT2D eigenvalue weighted by atomic mass is 9.84. The number of methoxy groups -OCH3 is 2. The summed E-state index contributed by atoms with van der Waals surface area (Å²) in [4.78, 5) is 27.4. The van der Waals surface area contributed by atoms with Gasteiger partial charge in [0.1, 0.15) is 0 Å². The number of Topliss-reactive ketones (excluding diaryl/α,β-unsaturated/α-hetero) is 1. The van der Waals surface area contributed by atoms with Crippen molar-refractivity contribution in [1.29, 1.82) is 0 Å². The van der Waals surface area contributed by atoms with Crippen molar-refractivity contribution in [1.82, 2.24) is 14.8 Å². The van der Waals surface area contributed by atoms with Crippen LogP contribution in [0, 0.1) is 17.8 Å². The van der Waals surface area contributed by atoms with Crippen molar-refractivity contribution >= 4 is 21.7 Å². The molecule has 43 heavy (non-hydrogen) atoms. The monoisotopic (exact) mass is 647 g/mol. The minimum absolute atomic E-state index is 0.109. The SMILES string of the molecule is COc1cc2c(cc1OC)C(=O)C(CC1CCN(Cc3ccccc3)CC1)C2.O=c1c(Br)ccc2n1CC1CNCC2C1. The predicted octanol–water partition coefficient (Wildman–Crippen LogP) is 5.68. The summed E-state index contributed by atoms with van der Waals surface area (Å²) in [7, 11) is 3.26. The number of benzene rings is 2. The predicted molar refractivity (Wildman–Crippen MR) is 172 cm³/mol. The Kier molecular flexibility index (Phi) is 9.36. The molecule has 3 atom stereocenters. The van der Waals surface area contributed by atoms with Crippen LogP contribution in [0.5, 0.6) is 11.5 Å². The topological polar surface area (TPSA) is 72.8 Å². The summed E-state index contributed by atoms with van der Waals surface area (Å²) in [6.07, 6.45) is 5.42. The third-order valence-electron chi connectivity index (χ3n) is 9.75. The van der Waals surface area contributed by atoms with Gasteiger partial charge in [-0.2, -0.15) is 0 Å². The fraction of sp³-hybridized carbons (Fsp3) is 0.486. The molecule has 1 aromatic heterocycles. The van der Waals surface area contributed by atoms with Gasteiger partial charge in [0, 0.05) is 42.7 Å². The Balaban J connectivity index is 0.000000183. The summed E-state index contributed by atoms with van der Waals surface area (Å²) in [6.45, 7) is 6.20. The molecule has 4 aliphatic rings. The molecular formula is C35H42BrN3O4. The maximum Gasteiger partial charge on any atom is 0.265 e. The van der Waals surface area contributed by atoms with Crippen LogP contribution in [0.15, 0.2) is 63.9 Å². The Hall–Kier alpha value is -2.94. The number of ketones is 1. The molecule has 8 heteroatoms. The fourth-order valence-corrected chi connectivity index (χ4v) is 7.82. The molecule has 7 rings (SSSR count). The van der Waals surface area contributed by atoms with Crippen LogP contribution in [-0.4, -0.2) is 55.6 Å². The number of nitrogens with one attached hydrogen (secondary N) is 1. The van der Waals surface area contributed by atoms with Gasteiger partial charge in [0.05, 0.1) is 18.7 Å². The smallest absolute Gasteiger partial charge is 0.265 e. The lowest BCUT2D eigenvalue weighted by molar-refractivity contribution is 0.0895. The highest BCUT2D eigenvalue weighted by molar-refractivity contribution is 9.10. The zero-order valence-electron chi connectivity index (χ0n) is 25.2. The molecule has 0 radical (unpaired) electrons. The van der Waals surface area contributed by atoms with Gasteiger partial charge in [0.2, 0.25) is 0 Å². The van der Waals surface area contributed by atoms with Crippen LogP contribution >= 0.6 is 15.9 Å². The number of hydrogen-bond acceptors (Lipinski definition) is 6. The number of likely N-dealkylation sites (tertiary alicyclic amines) is 1. The van der Waals surface area contributed by atoms with E-state index in [0.717, 1.165) is 63.2 Å². The Bertz CT molecular complexity index is 1500. The third-order valence-corrected chi connectivity index (χ3v) is 10.4. The molecule has 228 valence electrons. The Labute approximate surface area is 262 Å². The molecule has 0 spiro atoms. The zero-order valence-corrected chi connectivity index (χ0v) is 26.8. The van der Waals surface area contributed by atoms with Crippen molar-refractivity contribution < 1.29 is 14.3 Å². The van der Waals surface area contributed by atoms with Crippen LogP contribution in [0.1, 0.15) is 58.8 Å². The highest BCUT2D eigenvalue weighted by Crippen LogP contribution is 2.39. The van der Waals surface area contributed by atoms with Gasteiger partial charge >= 0.3 is 0 Å². The molecule has 3 aliphatic heterocycles. The van der Waals surface area contributed by atoms with Crippen molar-refractivity contribution in [3.63, 3.8) is 0 Å². The summed E-state index contributed by atoms with van der Waals surface area (Å²) < 4.78 is 13.4. The molecule has 1 aliphatic carbocycles. The molecule has 2 saturated heterocycles. The lowest BCUT2D eigenvalue weighted by Gasteiger charge is -2.37. The quantitative estimate of drug-likeness (QED) is 0.371. The van der Waals surface area contributed by atoms with E-state index in [1.54, 1.807) is 14.2 Å². The van der Waals surface area contributed by atoms with Gasteiger partial charge in [-0.25, -0.2) is 0 Å². The number of fused-ring (bicyclic) bond motifs is 5. The van der Waals surface area contributed by atoms with Crippen molar-refractivity contribution in [2.45, 2.75) is 51.1 Å². The summed E-state index contributed by atoms with van der Waals surface area (Å²) in [5.41, 5.74) is 4.64. The molecule has 0 saturated carbocycles. The Morgan fingerprint density at radius 3 is 2.44 bits per heavy atom. The van der Waals surface area contributed by atoms with E-state index in [9.17, 15) is 9.59 Å². The average Bonchev–Trinajstić information content (AvgIpc) is 3.33. The highest BCUT2D eigenvalue weighted by atomic mass is 79.9. The van der Waals surface area contributed by atoms with E-state index >= 15 is 0 Å². The van der Waals surface area contributed by atoms with Gasteiger partial charge < -0.3 is 19.4 Å². The standard InChI is InChI=1S/C24H29NO3.C11H13BrN2O/c1-27-22-14-19-13-20(24(26)21(19)15-23(22)28-2)12-17-8-10-25(11-9-17)16-18-6-4-3-5-7-18;12-9-1-2-10-8-3-7(4-13-5-8)6-14(10)11(9)15/h3-7,14-15,17,20H,8-13,16H2,1-2H3;1-2,7-8,13H,3-6H2. The van der Waals surface area contributed by atoms with Crippen molar-refractivity contribution in [2.75, 3.05) is 40.4 Å². The summed E-state index contributed by atoms with van der Waals surface area (Å²) in [6, 6.07) is 18.5. The first-order chi connectivity index (χ1) is 20.9. The van der Waals surface area contributed by atoms with E-state index in [1.807, 2.05) is 22.8 Å². The number of carbonyl (C=O) groups excluding carboxylic acids is 1. The number of pyridine rings is 1. The normalized spacial score (nSPS) is 23.1. The van der Waals surface area contributed by atoms with E-state index in [4.69, 9.17) is 9.47 Å². The molecule has 2 bridgehead atoms. The maximum atomic E-state index is 12.9. The third kappa shape index (κ3) is 6.61. The van der Waals surface area contributed by atoms with E-state index in [0.29, 0.717) is 33.7 Å². The van der Waals surface area contributed by atoms with Gasteiger partial charge in [-0.05, 0) is 115 Å². The second-order valence-corrected chi connectivity index (χ2v) is 13.4. The molecule has 2 aromatic carbocycles. The van der Waals surface area contributed by atoms with E-state index in [2.05, 4.69) is 62.5 Å². The minimum atomic E-state index is 0.109. The largest absolute Gasteiger partial charge is 0.493 e. The van der Waals surface area contributed by atoms with Gasteiger partial charge in [-0.1, -0.05) is 30.3 Å². The molecule has 3 unspecified atom stereocenters. The van der Waals surface area contributed by atoms with Crippen LogP contribution in [0.3, 0.4) is 0 Å². The maximum absolute atomic E-state index is 12.9. The Morgan fingerprint density at radius 2 is 1.70 bits per heavy atom. The van der Waals surface area contributed by atoms with Crippen LogP contribution in [0.25, 0.3) is 0 Å². The first-order valence-corrected chi connectivity index (χ1v) is 16.4. The minimum Gasteiger partial charge on any atom is -0.493 e. The zero-order chi connectivity index (χ0) is 29.9. The lowest BCUT2D eigenvalue weighted by Crippen LogP contribution is -2.44. The van der Waals surface area contributed by atoms with Crippen LogP contribution < -0.4 is 20.3 Å². The number of nitrogens with zero attached hydrogens (tertiary/aromatic N) is 2. The second kappa shape index (κ2) is 13.4. The number of carbonyl (C=O) groups is 1. The van der Waals surface area contributed by atoms with Gasteiger partial charge in [0.15, 0.2) is 17.3 Å². The number of aromatic nitrogens is 1. The number of hydrogen-bond donors (Lipinski definition) is 1. The second-order valence-electron chi connectivity index (χ2n) is 12.5. The first-order valence-electron chi connectivity index (χ1n) is 15.6. The molecule has 1 N–H and O–H groups in total. The van der Waals surface area contributed by atoms with E-state index in [-0.39, 0.29) is 17.3 Å². The number of ether oxygens (including phenoxy) is 2. The molecule has 0 amide bonds. The van der Waals surface area contributed by atoms with Gasteiger partial charge in [-0.15, -0.1) is 0 Å². The number of piperidine rings is 2. The number of halogens is 1. The summed E-state index contributed by atoms with van der Waals surface area (Å²) in [5.74, 6) is 3.54. The van der Waals surface area contributed by atoms with Crippen molar-refractivity contribution in [2.24, 2.45) is 17.8 Å². The van der Waals surface area contributed by atoms with Gasteiger partial charge in [0.25, 0.3) is 5.56 Å². The first kappa shape index (κ1) is 30.1. The molecule has 3 aromatic rings. The fourth-order valence-electron chi connectivity index (χ4n) is 7.48. The average molecular weight is 649 g/mol. The molecule has 7 nitrogen and oxygen atoms in total. The highest BCUT2D eigenvalue weighted by Gasteiger charge is 2.35. The number of rotatable bonds is 6. The molecular weight excluding hydrogens is 606 g/mol. The van der Waals surface area contributed by atoms with E-state index in [1.165, 1.54) is 30.5 Å².